The Kier molecular flexibility index (Phi) is 8.59. The van der Waals surface area contributed by atoms with Crippen LogP contribution < -0.4 is 0 Å². The number of rotatable bonds is 6. The molecule has 15 heavy (non-hydrogen) atoms. The summed E-state index contributed by atoms with van der Waals surface area (Å²) in [6, 6.07) is 10.8. The molecule has 0 aromatic heterocycles. The van der Waals surface area contributed by atoms with Gasteiger partial charge in [-0.05, 0) is 24.3 Å². The molecule has 0 unspecified atom stereocenters. The zero-order chi connectivity index (χ0) is 10.2. The molecular formula is C14H24S. The van der Waals surface area contributed by atoms with E-state index < -0.39 is 0 Å². The molecule has 0 saturated carbocycles. The highest BCUT2D eigenvalue weighted by molar-refractivity contribution is 7.59. The van der Waals surface area contributed by atoms with Gasteiger partial charge in [-0.2, -0.15) is 13.5 Å². The summed E-state index contributed by atoms with van der Waals surface area (Å²) in [4.78, 5) is 0. The summed E-state index contributed by atoms with van der Waals surface area (Å²) in [5.74, 6) is 0.867. The van der Waals surface area contributed by atoms with Crippen LogP contribution in [0.25, 0.3) is 0 Å². The first kappa shape index (κ1) is 14.6. The fourth-order valence-electron chi connectivity index (χ4n) is 1.70. The molecule has 0 radical (unpaired) electrons. The van der Waals surface area contributed by atoms with Gasteiger partial charge >= 0.3 is 0 Å². The third-order valence-corrected chi connectivity index (χ3v) is 2.59. The number of aryl methyl sites for hydroxylation is 1. The average molecular weight is 224 g/mol. The lowest BCUT2D eigenvalue weighted by Crippen LogP contribution is -1.89. The molecule has 1 heteroatoms. The van der Waals surface area contributed by atoms with E-state index in [0.717, 1.165) is 5.92 Å². The van der Waals surface area contributed by atoms with Crippen LogP contribution in [0.4, 0.5) is 0 Å². The van der Waals surface area contributed by atoms with Gasteiger partial charge in [0.15, 0.2) is 0 Å². The zero-order valence-corrected chi connectivity index (χ0v) is 11.0. The normalized spacial score (nSPS) is 10.1. The van der Waals surface area contributed by atoms with E-state index in [0.29, 0.717) is 0 Å². The number of unbranched alkanes of at least 4 members (excludes halogenated alkanes) is 2. The van der Waals surface area contributed by atoms with Crippen molar-refractivity contribution >= 4 is 13.5 Å². The maximum atomic E-state index is 2.30. The van der Waals surface area contributed by atoms with Crippen LogP contribution in [0.2, 0.25) is 0 Å². The van der Waals surface area contributed by atoms with Gasteiger partial charge in [-0.3, -0.25) is 0 Å². The molecule has 0 atom stereocenters. The molecule has 0 nitrogen and oxygen atoms in total. The Morgan fingerprint density at radius 2 is 1.60 bits per heavy atom. The van der Waals surface area contributed by atoms with Gasteiger partial charge in [0.1, 0.15) is 0 Å². The highest BCUT2D eigenvalue weighted by Gasteiger charge is 1.95. The van der Waals surface area contributed by atoms with Crippen LogP contribution in [0, 0.1) is 5.92 Å². The molecule has 0 aliphatic rings. The van der Waals surface area contributed by atoms with Crippen molar-refractivity contribution in [3.8, 4) is 0 Å². The molecule has 0 fully saturated rings. The van der Waals surface area contributed by atoms with Crippen molar-refractivity contribution in [3.05, 3.63) is 35.9 Å². The maximum Gasteiger partial charge on any atom is -0.0279 e. The van der Waals surface area contributed by atoms with Crippen molar-refractivity contribution in [2.45, 2.75) is 46.0 Å². The molecule has 0 spiro atoms. The minimum atomic E-state index is 0. The first-order chi connectivity index (χ1) is 6.79. The number of hydrogen-bond acceptors (Lipinski definition) is 0. The van der Waals surface area contributed by atoms with Crippen molar-refractivity contribution in [2.24, 2.45) is 5.92 Å². The van der Waals surface area contributed by atoms with Crippen LogP contribution in [-0.4, -0.2) is 0 Å². The third-order valence-electron chi connectivity index (χ3n) is 2.59. The topological polar surface area (TPSA) is 0 Å². The quantitative estimate of drug-likeness (QED) is 0.621. The van der Waals surface area contributed by atoms with Gasteiger partial charge in [0, 0.05) is 0 Å². The summed E-state index contributed by atoms with van der Waals surface area (Å²) in [6.07, 6.45) is 6.75. The van der Waals surface area contributed by atoms with Crippen molar-refractivity contribution in [2.75, 3.05) is 0 Å². The molecule has 86 valence electrons. The SMILES string of the molecule is CC(C)CCCCCc1ccccc1.S. The zero-order valence-electron chi connectivity index (χ0n) is 10.00. The molecule has 0 heterocycles. The fraction of sp³-hybridized carbons (Fsp3) is 0.571. The standard InChI is InChI=1S/C14H22.H2S/c1-13(2)9-5-3-6-10-14-11-7-4-8-12-14;/h4,7-8,11-13H,3,5-6,9-10H2,1-2H3;1H2. The van der Waals surface area contributed by atoms with Crippen LogP contribution in [0.5, 0.6) is 0 Å². The fourth-order valence-corrected chi connectivity index (χ4v) is 1.70. The lowest BCUT2D eigenvalue weighted by molar-refractivity contribution is 0.527. The van der Waals surface area contributed by atoms with Crippen LogP contribution in [0.1, 0.15) is 45.1 Å². The minimum Gasteiger partial charge on any atom is -0.197 e. The Bertz CT molecular complexity index is 228. The summed E-state index contributed by atoms with van der Waals surface area (Å²) in [6.45, 7) is 4.61. The first-order valence-electron chi connectivity index (χ1n) is 5.83. The molecule has 0 N–H and O–H groups in total. The summed E-state index contributed by atoms with van der Waals surface area (Å²) in [5.41, 5.74) is 1.48. The highest BCUT2D eigenvalue weighted by Crippen LogP contribution is 2.10. The Hall–Kier alpha value is -0.430. The van der Waals surface area contributed by atoms with Crippen molar-refractivity contribution in [1.29, 1.82) is 0 Å². The summed E-state index contributed by atoms with van der Waals surface area (Å²) in [7, 11) is 0. The van der Waals surface area contributed by atoms with Crippen LogP contribution in [-0.2, 0) is 6.42 Å². The number of benzene rings is 1. The minimum absolute atomic E-state index is 0. The molecule has 0 aliphatic carbocycles. The largest absolute Gasteiger partial charge is 0.197 e. The monoisotopic (exact) mass is 224 g/mol. The average Bonchev–Trinajstić information content (AvgIpc) is 2.18. The Balaban J connectivity index is 0.00000196. The summed E-state index contributed by atoms with van der Waals surface area (Å²) in [5, 5.41) is 0. The van der Waals surface area contributed by atoms with Crippen LogP contribution in [0.15, 0.2) is 30.3 Å². The van der Waals surface area contributed by atoms with E-state index in [4.69, 9.17) is 0 Å². The number of hydrogen-bond donors (Lipinski definition) is 0. The maximum absolute atomic E-state index is 2.30. The predicted molar refractivity (Wildman–Crippen MR) is 73.8 cm³/mol. The van der Waals surface area contributed by atoms with E-state index in [-0.39, 0.29) is 13.5 Å². The van der Waals surface area contributed by atoms with Gasteiger partial charge < -0.3 is 0 Å². The Morgan fingerprint density at radius 1 is 0.933 bits per heavy atom. The molecule has 1 aromatic carbocycles. The van der Waals surface area contributed by atoms with Crippen LogP contribution in [0.3, 0.4) is 0 Å². The lowest BCUT2D eigenvalue weighted by atomic mass is 10.0. The van der Waals surface area contributed by atoms with Gasteiger partial charge in [-0.25, -0.2) is 0 Å². The van der Waals surface area contributed by atoms with E-state index >= 15 is 0 Å². The molecule has 0 aliphatic heterocycles. The second-order valence-corrected chi connectivity index (χ2v) is 4.48. The molecule has 0 amide bonds. The van der Waals surface area contributed by atoms with Gasteiger partial charge in [0.2, 0.25) is 0 Å². The van der Waals surface area contributed by atoms with E-state index in [1.54, 1.807) is 0 Å². The van der Waals surface area contributed by atoms with E-state index in [1.165, 1.54) is 37.7 Å². The van der Waals surface area contributed by atoms with Crippen molar-refractivity contribution in [1.82, 2.24) is 0 Å². The van der Waals surface area contributed by atoms with Crippen LogP contribution >= 0.6 is 13.5 Å². The van der Waals surface area contributed by atoms with Gasteiger partial charge in [0.05, 0.1) is 0 Å². The molecule has 0 saturated heterocycles. The first-order valence-corrected chi connectivity index (χ1v) is 5.83. The smallest absolute Gasteiger partial charge is 0.0279 e. The highest BCUT2D eigenvalue weighted by atomic mass is 32.1. The van der Waals surface area contributed by atoms with E-state index in [9.17, 15) is 0 Å². The molecular weight excluding hydrogens is 200 g/mol. The van der Waals surface area contributed by atoms with E-state index in [1.807, 2.05) is 0 Å². The summed E-state index contributed by atoms with van der Waals surface area (Å²) >= 11 is 0. The van der Waals surface area contributed by atoms with E-state index in [2.05, 4.69) is 44.2 Å². The second-order valence-electron chi connectivity index (χ2n) is 4.48. The molecule has 1 rings (SSSR count). The lowest BCUT2D eigenvalue weighted by Gasteiger charge is -2.04. The third kappa shape index (κ3) is 7.49. The Morgan fingerprint density at radius 3 is 2.20 bits per heavy atom. The molecule has 1 aromatic rings. The van der Waals surface area contributed by atoms with Gasteiger partial charge in [-0.1, -0.05) is 63.4 Å². The summed E-state index contributed by atoms with van der Waals surface area (Å²) < 4.78 is 0. The van der Waals surface area contributed by atoms with Crippen molar-refractivity contribution < 1.29 is 0 Å². The van der Waals surface area contributed by atoms with Gasteiger partial charge in [0.25, 0.3) is 0 Å². The second kappa shape index (κ2) is 8.84. The molecule has 0 bridgehead atoms. The predicted octanol–water partition coefficient (Wildman–Crippen LogP) is 4.56. The van der Waals surface area contributed by atoms with Crippen molar-refractivity contribution in [3.63, 3.8) is 0 Å². The Labute approximate surface area is 102 Å². The van der Waals surface area contributed by atoms with Gasteiger partial charge in [-0.15, -0.1) is 0 Å².